The van der Waals surface area contributed by atoms with Crippen LogP contribution in [0.3, 0.4) is 0 Å². The fourth-order valence-corrected chi connectivity index (χ4v) is 1.68. The lowest BCUT2D eigenvalue weighted by Crippen LogP contribution is -1.93. The predicted molar refractivity (Wildman–Crippen MR) is 67.1 cm³/mol. The van der Waals surface area contributed by atoms with Crippen molar-refractivity contribution in [3.05, 3.63) is 59.2 Å². The van der Waals surface area contributed by atoms with Crippen LogP contribution in [0, 0.1) is 23.0 Å². The molecule has 0 bridgehead atoms. The van der Waals surface area contributed by atoms with Crippen molar-refractivity contribution in [3.63, 3.8) is 0 Å². The van der Waals surface area contributed by atoms with Crippen molar-refractivity contribution >= 4 is 11.6 Å². The summed E-state index contributed by atoms with van der Waals surface area (Å²) in [6.07, 6.45) is 0. The predicted octanol–water partition coefficient (Wildman–Crippen LogP) is 4.37. The lowest BCUT2D eigenvalue weighted by molar-refractivity contribution is 0.435. The Kier molecular flexibility index (Phi) is 3.98. The molecule has 96 valence electrons. The molecule has 0 aliphatic rings. The van der Waals surface area contributed by atoms with Gasteiger partial charge in [0.2, 0.25) is 0 Å². The van der Waals surface area contributed by atoms with Gasteiger partial charge in [0.25, 0.3) is 0 Å². The number of benzene rings is 2. The fourth-order valence-electron chi connectivity index (χ4n) is 1.51. The molecule has 2 aromatic rings. The van der Waals surface area contributed by atoms with Gasteiger partial charge in [0.15, 0.2) is 11.6 Å². The van der Waals surface area contributed by atoms with Crippen LogP contribution in [-0.2, 0) is 5.88 Å². The largest absolute Gasteiger partial charge is 0.453 e. The summed E-state index contributed by atoms with van der Waals surface area (Å²) in [6, 6.07) is 9.49. The summed E-state index contributed by atoms with van der Waals surface area (Å²) in [5.41, 5.74) is 0.951. The first kappa shape index (κ1) is 13.3. The van der Waals surface area contributed by atoms with Crippen LogP contribution in [0.5, 0.6) is 11.5 Å². The Bertz CT molecular complexity index is 652. The first-order chi connectivity index (χ1) is 9.13. The molecule has 0 fully saturated rings. The summed E-state index contributed by atoms with van der Waals surface area (Å²) < 4.78 is 31.7. The van der Waals surface area contributed by atoms with E-state index in [2.05, 4.69) is 0 Å². The number of alkyl halides is 1. The summed E-state index contributed by atoms with van der Waals surface area (Å²) in [7, 11) is 0. The van der Waals surface area contributed by atoms with Gasteiger partial charge in [-0.25, -0.2) is 8.78 Å². The molecule has 0 spiro atoms. The molecule has 0 heterocycles. The van der Waals surface area contributed by atoms with E-state index < -0.39 is 11.6 Å². The highest BCUT2D eigenvalue weighted by molar-refractivity contribution is 6.17. The number of rotatable bonds is 3. The average molecular weight is 280 g/mol. The Morgan fingerprint density at radius 1 is 1.11 bits per heavy atom. The SMILES string of the molecule is N#Cc1cc(CCl)ccc1Oc1cc(F)ccc1F. The number of ether oxygens (including phenoxy) is 1. The quantitative estimate of drug-likeness (QED) is 0.782. The van der Waals surface area contributed by atoms with Gasteiger partial charge < -0.3 is 4.74 Å². The second-order valence-electron chi connectivity index (χ2n) is 3.75. The molecule has 0 aliphatic heterocycles. The summed E-state index contributed by atoms with van der Waals surface area (Å²) in [6.45, 7) is 0. The smallest absolute Gasteiger partial charge is 0.166 e. The standard InChI is InChI=1S/C14H8ClF2NO/c15-7-9-1-4-13(10(5-9)8-18)19-14-6-11(16)2-3-12(14)17/h1-6H,7H2. The number of nitrogens with zero attached hydrogens (tertiary/aromatic N) is 1. The van der Waals surface area contributed by atoms with E-state index in [1.165, 1.54) is 6.07 Å². The monoisotopic (exact) mass is 279 g/mol. The van der Waals surface area contributed by atoms with E-state index in [-0.39, 0.29) is 22.9 Å². The molecule has 0 atom stereocenters. The van der Waals surface area contributed by atoms with Crippen LogP contribution in [0.2, 0.25) is 0 Å². The van der Waals surface area contributed by atoms with Crippen molar-refractivity contribution in [1.82, 2.24) is 0 Å². The number of hydrogen-bond donors (Lipinski definition) is 0. The van der Waals surface area contributed by atoms with Crippen molar-refractivity contribution in [2.24, 2.45) is 0 Å². The lowest BCUT2D eigenvalue weighted by Gasteiger charge is -2.09. The molecule has 0 radical (unpaired) electrons. The zero-order chi connectivity index (χ0) is 13.8. The van der Waals surface area contributed by atoms with Gasteiger partial charge in [0, 0.05) is 11.9 Å². The van der Waals surface area contributed by atoms with Crippen molar-refractivity contribution < 1.29 is 13.5 Å². The Hall–Kier alpha value is -2.12. The maximum absolute atomic E-state index is 13.4. The molecule has 0 aromatic heterocycles. The normalized spacial score (nSPS) is 10.0. The van der Waals surface area contributed by atoms with Crippen LogP contribution in [0.4, 0.5) is 8.78 Å². The first-order valence-electron chi connectivity index (χ1n) is 5.36. The average Bonchev–Trinajstić information content (AvgIpc) is 2.43. The molecule has 0 saturated carbocycles. The van der Waals surface area contributed by atoms with E-state index >= 15 is 0 Å². The molecule has 0 aliphatic carbocycles. The maximum Gasteiger partial charge on any atom is 0.166 e. The summed E-state index contributed by atoms with van der Waals surface area (Å²) in [4.78, 5) is 0. The first-order valence-corrected chi connectivity index (χ1v) is 5.89. The zero-order valence-corrected chi connectivity index (χ0v) is 10.4. The van der Waals surface area contributed by atoms with Gasteiger partial charge in [-0.1, -0.05) is 6.07 Å². The van der Waals surface area contributed by atoms with Gasteiger partial charge in [-0.05, 0) is 29.8 Å². The third-order valence-electron chi connectivity index (χ3n) is 2.43. The molecular formula is C14H8ClF2NO. The van der Waals surface area contributed by atoms with Crippen LogP contribution >= 0.6 is 11.6 Å². The van der Waals surface area contributed by atoms with Crippen LogP contribution in [0.1, 0.15) is 11.1 Å². The third-order valence-corrected chi connectivity index (χ3v) is 2.74. The second-order valence-corrected chi connectivity index (χ2v) is 4.02. The minimum absolute atomic E-state index is 0.154. The van der Waals surface area contributed by atoms with Gasteiger partial charge in [-0.15, -0.1) is 11.6 Å². The Morgan fingerprint density at radius 2 is 1.89 bits per heavy atom. The molecule has 19 heavy (non-hydrogen) atoms. The molecule has 0 unspecified atom stereocenters. The van der Waals surface area contributed by atoms with Crippen molar-refractivity contribution in [2.75, 3.05) is 0 Å². The third kappa shape index (κ3) is 3.01. The van der Waals surface area contributed by atoms with E-state index in [0.29, 0.717) is 0 Å². The fraction of sp³-hybridized carbons (Fsp3) is 0.0714. The lowest BCUT2D eigenvalue weighted by atomic mass is 10.1. The highest BCUT2D eigenvalue weighted by Crippen LogP contribution is 2.28. The van der Waals surface area contributed by atoms with Gasteiger partial charge in [-0.3, -0.25) is 0 Å². The van der Waals surface area contributed by atoms with Crippen molar-refractivity contribution in [1.29, 1.82) is 5.26 Å². The summed E-state index contributed by atoms with van der Waals surface area (Å²) in [5, 5.41) is 9.00. The van der Waals surface area contributed by atoms with E-state index in [4.69, 9.17) is 21.6 Å². The Balaban J connectivity index is 2.38. The minimum atomic E-state index is -0.702. The number of nitriles is 1. The Morgan fingerprint density at radius 3 is 2.58 bits per heavy atom. The Labute approximate surface area is 113 Å². The van der Waals surface area contributed by atoms with E-state index in [1.54, 1.807) is 12.1 Å². The molecule has 0 amide bonds. The minimum Gasteiger partial charge on any atom is -0.453 e. The van der Waals surface area contributed by atoms with Gasteiger partial charge in [0.1, 0.15) is 17.6 Å². The van der Waals surface area contributed by atoms with Crippen LogP contribution in [0.15, 0.2) is 36.4 Å². The molecule has 0 N–H and O–H groups in total. The van der Waals surface area contributed by atoms with E-state index in [1.807, 2.05) is 6.07 Å². The number of halogens is 3. The maximum atomic E-state index is 13.4. The van der Waals surface area contributed by atoms with E-state index in [0.717, 1.165) is 23.8 Å². The van der Waals surface area contributed by atoms with Gasteiger partial charge in [0.05, 0.1) is 5.56 Å². The molecular weight excluding hydrogens is 272 g/mol. The molecule has 2 rings (SSSR count). The van der Waals surface area contributed by atoms with Gasteiger partial charge >= 0.3 is 0 Å². The summed E-state index contributed by atoms with van der Waals surface area (Å²) >= 11 is 5.65. The molecule has 0 saturated heterocycles. The number of hydrogen-bond acceptors (Lipinski definition) is 2. The molecule has 2 nitrogen and oxygen atoms in total. The summed E-state index contributed by atoms with van der Waals surface area (Å²) in [5.74, 6) is -1.18. The zero-order valence-electron chi connectivity index (χ0n) is 9.66. The second kappa shape index (κ2) is 5.68. The molecule has 2 aromatic carbocycles. The van der Waals surface area contributed by atoms with E-state index in [9.17, 15) is 8.78 Å². The van der Waals surface area contributed by atoms with Crippen LogP contribution in [-0.4, -0.2) is 0 Å². The van der Waals surface area contributed by atoms with Crippen LogP contribution in [0.25, 0.3) is 0 Å². The van der Waals surface area contributed by atoms with Crippen molar-refractivity contribution in [3.8, 4) is 17.6 Å². The highest BCUT2D eigenvalue weighted by Gasteiger charge is 2.10. The topological polar surface area (TPSA) is 33.0 Å². The highest BCUT2D eigenvalue weighted by atomic mass is 35.5. The van der Waals surface area contributed by atoms with Crippen LogP contribution < -0.4 is 4.74 Å². The van der Waals surface area contributed by atoms with Crippen molar-refractivity contribution in [2.45, 2.75) is 5.88 Å². The molecule has 5 heteroatoms. The van der Waals surface area contributed by atoms with Gasteiger partial charge in [-0.2, -0.15) is 5.26 Å².